The molecule has 1 aromatic heterocycles. The van der Waals surface area contributed by atoms with Crippen molar-refractivity contribution in [3.05, 3.63) is 41.2 Å². The number of fused-ring (bicyclic) bond motifs is 1. The highest BCUT2D eigenvalue weighted by molar-refractivity contribution is 7.93. The Balaban J connectivity index is 2.14. The predicted octanol–water partition coefficient (Wildman–Crippen LogP) is 2.98. The van der Waals surface area contributed by atoms with Gasteiger partial charge in [-0.3, -0.25) is 9.40 Å². The lowest BCUT2D eigenvalue weighted by molar-refractivity contribution is 0.522. The molecule has 0 saturated carbocycles. The van der Waals surface area contributed by atoms with E-state index in [0.717, 1.165) is 11.3 Å². The number of aromatic nitrogens is 2. The van der Waals surface area contributed by atoms with Crippen molar-refractivity contribution in [1.29, 1.82) is 0 Å². The van der Waals surface area contributed by atoms with Crippen molar-refractivity contribution in [2.75, 3.05) is 10.8 Å². The standard InChI is InChI=1S/C16H21N3O2S/c1-10(2)14-9-19(15-8-6-5-7-13(14)15)22(20,21)16-11(3)17-18-12(16)4/h5-8,10,14H,9H2,1-4H3,(H,17,18). The van der Waals surface area contributed by atoms with E-state index in [9.17, 15) is 8.42 Å². The van der Waals surface area contributed by atoms with Gasteiger partial charge in [-0.1, -0.05) is 32.0 Å². The zero-order valence-electron chi connectivity index (χ0n) is 13.3. The fourth-order valence-electron chi connectivity index (χ4n) is 3.23. The van der Waals surface area contributed by atoms with Gasteiger partial charge in [0.15, 0.2) is 0 Å². The Bertz CT molecular complexity index is 789. The normalized spacial score (nSPS) is 18.0. The Kier molecular flexibility index (Phi) is 3.51. The van der Waals surface area contributed by atoms with Gasteiger partial charge in [-0.2, -0.15) is 5.10 Å². The summed E-state index contributed by atoms with van der Waals surface area (Å²) in [5.41, 5.74) is 3.01. The second-order valence-electron chi connectivity index (χ2n) is 6.21. The van der Waals surface area contributed by atoms with E-state index in [1.54, 1.807) is 13.8 Å². The van der Waals surface area contributed by atoms with E-state index in [1.807, 2.05) is 24.3 Å². The third kappa shape index (κ3) is 2.13. The molecule has 6 heteroatoms. The highest BCUT2D eigenvalue weighted by Crippen LogP contribution is 2.43. The Morgan fingerprint density at radius 1 is 1.27 bits per heavy atom. The third-order valence-electron chi connectivity index (χ3n) is 4.38. The Morgan fingerprint density at radius 2 is 1.95 bits per heavy atom. The summed E-state index contributed by atoms with van der Waals surface area (Å²) < 4.78 is 27.8. The second kappa shape index (κ2) is 5.12. The summed E-state index contributed by atoms with van der Waals surface area (Å²) in [6.45, 7) is 8.22. The number of H-pyrrole nitrogens is 1. The third-order valence-corrected chi connectivity index (χ3v) is 6.42. The Morgan fingerprint density at radius 3 is 2.55 bits per heavy atom. The van der Waals surface area contributed by atoms with Crippen molar-refractivity contribution in [2.45, 2.75) is 38.5 Å². The van der Waals surface area contributed by atoms with Crippen molar-refractivity contribution < 1.29 is 8.42 Å². The van der Waals surface area contributed by atoms with Gasteiger partial charge in [-0.15, -0.1) is 0 Å². The van der Waals surface area contributed by atoms with Crippen LogP contribution in [0.1, 0.15) is 36.7 Å². The summed E-state index contributed by atoms with van der Waals surface area (Å²) in [5.74, 6) is 0.603. The van der Waals surface area contributed by atoms with Gasteiger partial charge in [0.2, 0.25) is 0 Å². The Labute approximate surface area is 131 Å². The van der Waals surface area contributed by atoms with Gasteiger partial charge in [0.25, 0.3) is 10.0 Å². The molecule has 3 rings (SSSR count). The highest BCUT2D eigenvalue weighted by Gasteiger charge is 2.39. The molecular weight excluding hydrogens is 298 g/mol. The molecule has 1 aliphatic heterocycles. The summed E-state index contributed by atoms with van der Waals surface area (Å²) in [6.07, 6.45) is 0. The number of sulfonamides is 1. The molecule has 2 aromatic rings. The zero-order valence-corrected chi connectivity index (χ0v) is 14.1. The van der Waals surface area contributed by atoms with E-state index >= 15 is 0 Å². The van der Waals surface area contributed by atoms with Crippen LogP contribution >= 0.6 is 0 Å². The molecular formula is C16H21N3O2S. The van der Waals surface area contributed by atoms with E-state index in [1.165, 1.54) is 4.31 Å². The first kappa shape index (κ1) is 15.1. The molecule has 22 heavy (non-hydrogen) atoms. The number of aryl methyl sites for hydroxylation is 2. The van der Waals surface area contributed by atoms with Gasteiger partial charge in [-0.05, 0) is 31.4 Å². The number of nitrogens with zero attached hydrogens (tertiary/aromatic N) is 2. The first-order chi connectivity index (χ1) is 10.3. The van der Waals surface area contributed by atoms with Gasteiger partial charge in [0, 0.05) is 12.5 Å². The maximum atomic E-state index is 13.1. The van der Waals surface area contributed by atoms with Crippen molar-refractivity contribution in [3.63, 3.8) is 0 Å². The van der Waals surface area contributed by atoms with Crippen molar-refractivity contribution in [1.82, 2.24) is 10.2 Å². The van der Waals surface area contributed by atoms with Gasteiger partial charge in [-0.25, -0.2) is 8.42 Å². The number of rotatable bonds is 3. The number of nitrogens with one attached hydrogen (secondary N) is 1. The second-order valence-corrected chi connectivity index (χ2v) is 8.01. The van der Waals surface area contributed by atoms with Crippen LogP contribution in [0.15, 0.2) is 29.2 Å². The number of hydrogen-bond acceptors (Lipinski definition) is 3. The SMILES string of the molecule is Cc1n[nH]c(C)c1S(=O)(=O)N1CC(C(C)C)c2ccccc21. The van der Waals surface area contributed by atoms with Gasteiger partial charge >= 0.3 is 0 Å². The van der Waals surface area contributed by atoms with Crippen LogP contribution in [0.3, 0.4) is 0 Å². The molecule has 1 N–H and O–H groups in total. The van der Waals surface area contributed by atoms with E-state index < -0.39 is 10.0 Å². The van der Waals surface area contributed by atoms with Gasteiger partial charge in [0.1, 0.15) is 4.90 Å². The minimum atomic E-state index is -3.60. The first-order valence-corrected chi connectivity index (χ1v) is 8.91. The summed E-state index contributed by atoms with van der Waals surface area (Å²) in [4.78, 5) is 0.298. The van der Waals surface area contributed by atoms with Crippen LogP contribution in [0.4, 0.5) is 5.69 Å². The molecule has 0 fully saturated rings. The smallest absolute Gasteiger partial charge is 0.268 e. The fraction of sp³-hybridized carbons (Fsp3) is 0.438. The molecule has 2 heterocycles. The predicted molar refractivity (Wildman–Crippen MR) is 86.6 cm³/mol. The lowest BCUT2D eigenvalue weighted by Gasteiger charge is -2.21. The van der Waals surface area contributed by atoms with E-state index in [4.69, 9.17) is 0 Å². The van der Waals surface area contributed by atoms with Crippen molar-refractivity contribution in [2.24, 2.45) is 5.92 Å². The summed E-state index contributed by atoms with van der Waals surface area (Å²) in [7, 11) is -3.60. The van der Waals surface area contributed by atoms with Crippen LogP contribution in [0, 0.1) is 19.8 Å². The summed E-state index contributed by atoms with van der Waals surface area (Å²) >= 11 is 0. The number of anilines is 1. The molecule has 0 amide bonds. The van der Waals surface area contributed by atoms with Crippen molar-refractivity contribution >= 4 is 15.7 Å². The fourth-order valence-corrected chi connectivity index (χ4v) is 5.09. The zero-order chi connectivity index (χ0) is 16.1. The molecule has 118 valence electrons. The van der Waals surface area contributed by atoms with E-state index in [2.05, 4.69) is 24.0 Å². The van der Waals surface area contributed by atoms with E-state index in [-0.39, 0.29) is 5.92 Å². The summed E-state index contributed by atoms with van der Waals surface area (Å²) in [6, 6.07) is 7.78. The number of aromatic amines is 1. The lowest BCUT2D eigenvalue weighted by atomic mass is 9.90. The molecule has 0 aliphatic carbocycles. The van der Waals surface area contributed by atoms with Crippen LogP contribution < -0.4 is 4.31 Å². The topological polar surface area (TPSA) is 66.1 Å². The molecule has 0 saturated heterocycles. The maximum absolute atomic E-state index is 13.1. The molecule has 1 aromatic carbocycles. The van der Waals surface area contributed by atoms with Gasteiger partial charge < -0.3 is 0 Å². The minimum absolute atomic E-state index is 0.221. The molecule has 0 radical (unpaired) electrons. The quantitative estimate of drug-likeness (QED) is 0.946. The molecule has 1 unspecified atom stereocenters. The van der Waals surface area contributed by atoms with E-state index in [0.29, 0.717) is 28.7 Å². The van der Waals surface area contributed by atoms with Crippen LogP contribution in [0.2, 0.25) is 0 Å². The van der Waals surface area contributed by atoms with Crippen LogP contribution in [-0.4, -0.2) is 25.2 Å². The molecule has 1 atom stereocenters. The number of para-hydroxylation sites is 1. The number of hydrogen-bond donors (Lipinski definition) is 1. The minimum Gasteiger partial charge on any atom is -0.281 e. The lowest BCUT2D eigenvalue weighted by Crippen LogP contribution is -2.31. The molecule has 0 spiro atoms. The van der Waals surface area contributed by atoms with Gasteiger partial charge in [0.05, 0.1) is 17.1 Å². The molecule has 1 aliphatic rings. The highest BCUT2D eigenvalue weighted by atomic mass is 32.2. The van der Waals surface area contributed by atoms with Crippen molar-refractivity contribution in [3.8, 4) is 0 Å². The van der Waals surface area contributed by atoms with Crippen LogP contribution in [0.5, 0.6) is 0 Å². The maximum Gasteiger partial charge on any atom is 0.268 e. The van der Waals surface area contributed by atoms with Crippen LogP contribution in [0.25, 0.3) is 0 Å². The van der Waals surface area contributed by atoms with Crippen LogP contribution in [-0.2, 0) is 10.0 Å². The monoisotopic (exact) mass is 319 g/mol. The average molecular weight is 319 g/mol. The molecule has 0 bridgehead atoms. The first-order valence-electron chi connectivity index (χ1n) is 7.47. The Hall–Kier alpha value is -1.82. The number of benzene rings is 1. The molecule has 5 nitrogen and oxygen atoms in total. The summed E-state index contributed by atoms with van der Waals surface area (Å²) in [5, 5.41) is 6.80. The largest absolute Gasteiger partial charge is 0.281 e. The average Bonchev–Trinajstić information content (AvgIpc) is 3.00.